The molecule has 0 bridgehead atoms. The van der Waals surface area contributed by atoms with E-state index in [2.05, 4.69) is 26.1 Å². The first-order valence-corrected chi connectivity index (χ1v) is 9.13. The molecule has 0 spiro atoms. The molecule has 1 saturated carbocycles. The number of nitrogens with zero attached hydrogens (tertiary/aromatic N) is 1. The highest BCUT2D eigenvalue weighted by Gasteiger charge is 2.58. The molecule has 1 aromatic carbocycles. The van der Waals surface area contributed by atoms with Gasteiger partial charge in [-0.2, -0.15) is 0 Å². The van der Waals surface area contributed by atoms with Gasteiger partial charge in [0.05, 0.1) is 0 Å². The molecule has 130 valence electrons. The minimum absolute atomic E-state index is 0.0331. The first kappa shape index (κ1) is 17.0. The predicted octanol–water partition coefficient (Wildman–Crippen LogP) is 3.79. The van der Waals surface area contributed by atoms with Crippen molar-refractivity contribution in [2.24, 2.45) is 11.3 Å². The maximum absolute atomic E-state index is 12.8. The smallest absolute Gasteiger partial charge is 0.240 e. The number of carbonyl (C=O) groups is 2. The molecule has 0 atom stereocenters. The van der Waals surface area contributed by atoms with Crippen LogP contribution in [0.5, 0.6) is 0 Å². The molecular formula is C20H28N2O2. The average molecular weight is 328 g/mol. The Kier molecular flexibility index (Phi) is 4.66. The molecule has 2 fully saturated rings. The third-order valence-electron chi connectivity index (χ3n) is 5.50. The van der Waals surface area contributed by atoms with Crippen molar-refractivity contribution < 1.29 is 9.59 Å². The first-order valence-electron chi connectivity index (χ1n) is 9.13. The van der Waals surface area contributed by atoms with Gasteiger partial charge in [0.2, 0.25) is 11.8 Å². The number of likely N-dealkylation sites (tertiary alicyclic amines) is 1. The van der Waals surface area contributed by atoms with Gasteiger partial charge in [-0.15, -0.1) is 0 Å². The zero-order valence-corrected chi connectivity index (χ0v) is 15.0. The highest BCUT2D eigenvalue weighted by molar-refractivity contribution is 6.13. The number of piperidine rings is 1. The van der Waals surface area contributed by atoms with Crippen LogP contribution in [-0.4, -0.2) is 29.8 Å². The molecule has 24 heavy (non-hydrogen) atoms. The van der Waals surface area contributed by atoms with Gasteiger partial charge in [0.25, 0.3) is 0 Å². The zero-order valence-electron chi connectivity index (χ0n) is 15.0. The Morgan fingerprint density at radius 3 is 2.21 bits per heavy atom. The third kappa shape index (κ3) is 3.33. The van der Waals surface area contributed by atoms with E-state index in [1.165, 1.54) is 5.56 Å². The number of carbonyl (C=O) groups excluding carboxylic acids is 2. The van der Waals surface area contributed by atoms with E-state index in [1.807, 2.05) is 29.2 Å². The maximum atomic E-state index is 12.8. The molecule has 3 rings (SSSR count). The Balaban J connectivity index is 1.64. The topological polar surface area (TPSA) is 49.4 Å². The number of benzene rings is 1. The van der Waals surface area contributed by atoms with Crippen LogP contribution in [0.25, 0.3) is 0 Å². The summed E-state index contributed by atoms with van der Waals surface area (Å²) in [6.45, 7) is 8.09. The molecule has 1 heterocycles. The Morgan fingerprint density at radius 2 is 1.71 bits per heavy atom. The lowest BCUT2D eigenvalue weighted by Crippen LogP contribution is -2.46. The minimum atomic E-state index is -0.808. The molecule has 0 radical (unpaired) electrons. The molecule has 1 saturated heterocycles. The van der Waals surface area contributed by atoms with Gasteiger partial charge in [-0.1, -0.05) is 32.9 Å². The van der Waals surface area contributed by atoms with Crippen LogP contribution in [0.3, 0.4) is 0 Å². The summed E-state index contributed by atoms with van der Waals surface area (Å²) in [6, 6.07) is 7.92. The van der Waals surface area contributed by atoms with Crippen LogP contribution in [-0.2, 0) is 9.59 Å². The standard InChI is InChI=1S/C20H28N2O2/c1-14(2)16-4-6-17(7-5-16)21-18(23)20(10-11-20)19(24)22-12-8-15(3)9-13-22/h4-7,14-15H,8-13H2,1-3H3,(H,21,23). The first-order chi connectivity index (χ1) is 11.4. The Bertz CT molecular complexity index is 609. The molecule has 1 aliphatic heterocycles. The van der Waals surface area contributed by atoms with Crippen LogP contribution in [0.15, 0.2) is 24.3 Å². The molecule has 4 heteroatoms. The summed E-state index contributed by atoms with van der Waals surface area (Å²) in [5, 5.41) is 2.95. The van der Waals surface area contributed by atoms with E-state index in [0.29, 0.717) is 24.7 Å². The van der Waals surface area contributed by atoms with Crippen LogP contribution in [0.2, 0.25) is 0 Å². The molecule has 0 aromatic heterocycles. The van der Waals surface area contributed by atoms with E-state index >= 15 is 0 Å². The van der Waals surface area contributed by atoms with Crippen LogP contribution >= 0.6 is 0 Å². The van der Waals surface area contributed by atoms with Crippen molar-refractivity contribution in [3.05, 3.63) is 29.8 Å². The van der Waals surface area contributed by atoms with E-state index in [4.69, 9.17) is 0 Å². The molecule has 2 amide bonds. The van der Waals surface area contributed by atoms with Gasteiger partial charge >= 0.3 is 0 Å². The number of hydrogen-bond donors (Lipinski definition) is 1. The SMILES string of the molecule is CC1CCN(C(=O)C2(C(=O)Nc3ccc(C(C)C)cc3)CC2)CC1. The van der Waals surface area contributed by atoms with Crippen molar-refractivity contribution in [2.75, 3.05) is 18.4 Å². The van der Waals surface area contributed by atoms with Crippen LogP contribution in [0, 0.1) is 11.3 Å². The number of hydrogen-bond acceptors (Lipinski definition) is 2. The third-order valence-corrected chi connectivity index (χ3v) is 5.50. The molecule has 1 N–H and O–H groups in total. The van der Waals surface area contributed by atoms with Gasteiger partial charge in [0.15, 0.2) is 0 Å². The Labute approximate surface area is 144 Å². The van der Waals surface area contributed by atoms with Gasteiger partial charge in [-0.05, 0) is 55.2 Å². The van der Waals surface area contributed by atoms with Crippen molar-refractivity contribution in [3.8, 4) is 0 Å². The van der Waals surface area contributed by atoms with E-state index in [0.717, 1.165) is 31.6 Å². The van der Waals surface area contributed by atoms with Gasteiger partial charge < -0.3 is 10.2 Å². The zero-order chi connectivity index (χ0) is 17.3. The van der Waals surface area contributed by atoms with Gasteiger partial charge in [-0.25, -0.2) is 0 Å². The lowest BCUT2D eigenvalue weighted by atomic mass is 9.96. The lowest BCUT2D eigenvalue weighted by Gasteiger charge is -2.32. The molecule has 4 nitrogen and oxygen atoms in total. The average Bonchev–Trinajstić information content (AvgIpc) is 3.37. The molecule has 2 aliphatic rings. The molecular weight excluding hydrogens is 300 g/mol. The van der Waals surface area contributed by atoms with Crippen molar-refractivity contribution in [2.45, 2.75) is 52.4 Å². The fourth-order valence-electron chi connectivity index (χ4n) is 3.38. The second-order valence-electron chi connectivity index (χ2n) is 7.79. The summed E-state index contributed by atoms with van der Waals surface area (Å²) in [4.78, 5) is 27.4. The summed E-state index contributed by atoms with van der Waals surface area (Å²) in [5.41, 5.74) is 1.21. The van der Waals surface area contributed by atoms with Crippen molar-refractivity contribution >= 4 is 17.5 Å². The fraction of sp³-hybridized carbons (Fsp3) is 0.600. The van der Waals surface area contributed by atoms with E-state index < -0.39 is 5.41 Å². The quantitative estimate of drug-likeness (QED) is 0.855. The Morgan fingerprint density at radius 1 is 1.12 bits per heavy atom. The van der Waals surface area contributed by atoms with Crippen molar-refractivity contribution in [1.82, 2.24) is 4.90 Å². The predicted molar refractivity (Wildman–Crippen MR) is 95.8 cm³/mol. The lowest BCUT2D eigenvalue weighted by molar-refractivity contribution is -0.143. The highest BCUT2D eigenvalue weighted by Crippen LogP contribution is 2.48. The van der Waals surface area contributed by atoms with Crippen LogP contribution < -0.4 is 5.32 Å². The van der Waals surface area contributed by atoms with Gasteiger partial charge in [-0.3, -0.25) is 9.59 Å². The normalized spacial score (nSPS) is 20.1. The monoisotopic (exact) mass is 328 g/mol. The number of nitrogens with one attached hydrogen (secondary N) is 1. The largest absolute Gasteiger partial charge is 0.342 e. The second kappa shape index (κ2) is 6.58. The maximum Gasteiger partial charge on any atom is 0.240 e. The van der Waals surface area contributed by atoms with E-state index in [-0.39, 0.29) is 11.8 Å². The van der Waals surface area contributed by atoms with Gasteiger partial charge in [0, 0.05) is 18.8 Å². The van der Waals surface area contributed by atoms with Gasteiger partial charge in [0.1, 0.15) is 5.41 Å². The second-order valence-corrected chi connectivity index (χ2v) is 7.79. The van der Waals surface area contributed by atoms with Crippen LogP contribution in [0.4, 0.5) is 5.69 Å². The molecule has 0 unspecified atom stereocenters. The fourth-order valence-corrected chi connectivity index (χ4v) is 3.38. The summed E-state index contributed by atoms with van der Waals surface area (Å²) in [5.74, 6) is 1.04. The summed E-state index contributed by atoms with van der Waals surface area (Å²) in [7, 11) is 0. The molecule has 1 aliphatic carbocycles. The molecule has 1 aromatic rings. The number of rotatable bonds is 4. The van der Waals surface area contributed by atoms with Crippen LogP contribution in [0.1, 0.15) is 57.9 Å². The summed E-state index contributed by atoms with van der Waals surface area (Å²) < 4.78 is 0. The van der Waals surface area contributed by atoms with E-state index in [9.17, 15) is 9.59 Å². The van der Waals surface area contributed by atoms with Crippen molar-refractivity contribution in [1.29, 1.82) is 0 Å². The van der Waals surface area contributed by atoms with E-state index in [1.54, 1.807) is 0 Å². The Hall–Kier alpha value is -1.84. The highest BCUT2D eigenvalue weighted by atomic mass is 16.2. The summed E-state index contributed by atoms with van der Waals surface area (Å²) >= 11 is 0. The van der Waals surface area contributed by atoms with Crippen molar-refractivity contribution in [3.63, 3.8) is 0 Å². The minimum Gasteiger partial charge on any atom is -0.342 e. The number of anilines is 1. The summed E-state index contributed by atoms with van der Waals surface area (Å²) in [6.07, 6.45) is 3.43. The number of amides is 2.